The van der Waals surface area contributed by atoms with E-state index in [0.717, 1.165) is 37.2 Å². The van der Waals surface area contributed by atoms with E-state index in [-0.39, 0.29) is 24.2 Å². The number of fused-ring (bicyclic) bond motifs is 1. The van der Waals surface area contributed by atoms with Crippen molar-refractivity contribution < 1.29 is 9.59 Å². The van der Waals surface area contributed by atoms with Gasteiger partial charge in [0.1, 0.15) is 0 Å². The molecule has 0 spiro atoms. The lowest BCUT2D eigenvalue weighted by Gasteiger charge is -2.31. The lowest BCUT2D eigenvalue weighted by molar-refractivity contribution is -0.135. The number of rotatable bonds is 7. The van der Waals surface area contributed by atoms with Crippen molar-refractivity contribution in [3.8, 4) is 0 Å². The molecule has 0 aromatic heterocycles. The average Bonchev–Trinajstić information content (AvgIpc) is 2.53. The topological polar surface area (TPSA) is 49.4 Å². The predicted octanol–water partition coefficient (Wildman–Crippen LogP) is 4.03. The number of nitrogens with zero attached hydrogens (tertiary/aromatic N) is 1. The molecule has 0 saturated heterocycles. The molecule has 4 heteroatoms. The van der Waals surface area contributed by atoms with E-state index in [2.05, 4.69) is 33.0 Å². The van der Waals surface area contributed by atoms with Gasteiger partial charge in [0.2, 0.25) is 11.8 Å². The molecule has 1 atom stereocenters. The molecule has 1 aliphatic heterocycles. The van der Waals surface area contributed by atoms with E-state index >= 15 is 0 Å². The van der Waals surface area contributed by atoms with Crippen LogP contribution in [0.3, 0.4) is 0 Å². The van der Waals surface area contributed by atoms with Gasteiger partial charge >= 0.3 is 0 Å². The molecule has 1 aromatic rings. The van der Waals surface area contributed by atoms with Crippen molar-refractivity contribution in [1.29, 1.82) is 0 Å². The highest BCUT2D eigenvalue weighted by molar-refractivity contribution is 6.01. The van der Waals surface area contributed by atoms with Gasteiger partial charge in [0.05, 0.1) is 5.92 Å². The fraction of sp³-hybridized carbons (Fsp3) is 0.600. The Bertz CT molecular complexity index is 569. The van der Waals surface area contributed by atoms with E-state index in [1.807, 2.05) is 29.2 Å². The molecule has 1 heterocycles. The van der Waals surface area contributed by atoms with Crippen LogP contribution >= 0.6 is 0 Å². The second-order valence-corrected chi connectivity index (χ2v) is 7.58. The quantitative estimate of drug-likeness (QED) is 0.820. The van der Waals surface area contributed by atoms with Gasteiger partial charge in [0, 0.05) is 25.2 Å². The third-order valence-corrected chi connectivity index (χ3v) is 4.56. The Kier molecular flexibility index (Phi) is 6.41. The van der Waals surface area contributed by atoms with Gasteiger partial charge in [-0.05, 0) is 36.3 Å². The van der Waals surface area contributed by atoms with Crippen LogP contribution in [0.25, 0.3) is 0 Å². The molecule has 1 unspecified atom stereocenters. The summed E-state index contributed by atoms with van der Waals surface area (Å²) in [4.78, 5) is 27.2. The van der Waals surface area contributed by atoms with Crippen LogP contribution in [0.5, 0.6) is 0 Å². The van der Waals surface area contributed by atoms with Crippen molar-refractivity contribution in [1.82, 2.24) is 4.90 Å². The number of hydrogen-bond acceptors (Lipinski definition) is 2. The van der Waals surface area contributed by atoms with Gasteiger partial charge in [-0.1, -0.05) is 45.9 Å². The summed E-state index contributed by atoms with van der Waals surface area (Å²) in [6.07, 6.45) is 2.23. The van der Waals surface area contributed by atoms with Gasteiger partial charge in [-0.3, -0.25) is 9.59 Å². The Hall–Kier alpha value is -1.84. The standard InChI is InChI=1S/C20H30N2O2/c1-14(2)9-11-22(12-10-15(3)4)20(24)17-13-19(23)21-18-8-6-5-7-16(17)18/h5-8,14-15,17H,9-13H2,1-4H3,(H,21,23). The molecule has 0 saturated carbocycles. The van der Waals surface area contributed by atoms with Crippen LogP contribution in [0, 0.1) is 11.8 Å². The molecular weight excluding hydrogens is 300 g/mol. The van der Waals surface area contributed by atoms with Gasteiger partial charge in [0.25, 0.3) is 0 Å². The Labute approximate surface area is 145 Å². The number of carbonyl (C=O) groups excluding carboxylic acids is 2. The summed E-state index contributed by atoms with van der Waals surface area (Å²) in [5, 5.41) is 2.87. The number of benzene rings is 1. The molecule has 24 heavy (non-hydrogen) atoms. The number of nitrogens with one attached hydrogen (secondary N) is 1. The van der Waals surface area contributed by atoms with Crippen molar-refractivity contribution in [2.45, 2.75) is 52.9 Å². The van der Waals surface area contributed by atoms with Crippen molar-refractivity contribution in [2.75, 3.05) is 18.4 Å². The largest absolute Gasteiger partial charge is 0.342 e. The molecule has 0 fully saturated rings. The van der Waals surface area contributed by atoms with Crippen LogP contribution in [0.4, 0.5) is 5.69 Å². The number of amides is 2. The first-order chi connectivity index (χ1) is 11.4. The Morgan fingerprint density at radius 1 is 1.12 bits per heavy atom. The molecule has 132 valence electrons. The number of anilines is 1. The fourth-order valence-corrected chi connectivity index (χ4v) is 3.01. The smallest absolute Gasteiger partial charge is 0.230 e. The summed E-state index contributed by atoms with van der Waals surface area (Å²) in [5.74, 6) is 0.787. The van der Waals surface area contributed by atoms with E-state index < -0.39 is 0 Å². The van der Waals surface area contributed by atoms with Gasteiger partial charge in [-0.2, -0.15) is 0 Å². The van der Waals surface area contributed by atoms with Crippen LogP contribution in [-0.2, 0) is 9.59 Å². The minimum Gasteiger partial charge on any atom is -0.342 e. The maximum Gasteiger partial charge on any atom is 0.230 e. The van der Waals surface area contributed by atoms with E-state index in [1.54, 1.807) is 0 Å². The Balaban J connectivity index is 2.19. The molecule has 1 N–H and O–H groups in total. The SMILES string of the molecule is CC(C)CCN(CCC(C)C)C(=O)C1CC(=O)Nc2ccccc21. The van der Waals surface area contributed by atoms with Crippen LogP contribution < -0.4 is 5.32 Å². The van der Waals surface area contributed by atoms with Crippen LogP contribution in [-0.4, -0.2) is 29.8 Å². The second kappa shape index (κ2) is 8.32. The van der Waals surface area contributed by atoms with Crippen molar-refractivity contribution in [3.63, 3.8) is 0 Å². The fourth-order valence-electron chi connectivity index (χ4n) is 3.01. The Morgan fingerprint density at radius 3 is 2.29 bits per heavy atom. The minimum atomic E-state index is -0.353. The Morgan fingerprint density at radius 2 is 1.71 bits per heavy atom. The summed E-state index contributed by atoms with van der Waals surface area (Å²) in [6, 6.07) is 7.66. The van der Waals surface area contributed by atoms with Crippen LogP contribution in [0.1, 0.15) is 58.4 Å². The maximum absolute atomic E-state index is 13.2. The van der Waals surface area contributed by atoms with E-state index in [4.69, 9.17) is 0 Å². The predicted molar refractivity (Wildman–Crippen MR) is 97.9 cm³/mol. The zero-order valence-corrected chi connectivity index (χ0v) is 15.3. The van der Waals surface area contributed by atoms with Crippen molar-refractivity contribution in [3.05, 3.63) is 29.8 Å². The molecule has 2 amide bonds. The molecule has 0 aliphatic carbocycles. The molecule has 0 bridgehead atoms. The molecule has 2 rings (SSSR count). The van der Waals surface area contributed by atoms with Crippen molar-refractivity contribution in [2.24, 2.45) is 11.8 Å². The number of hydrogen-bond donors (Lipinski definition) is 1. The summed E-state index contributed by atoms with van der Waals surface area (Å²) >= 11 is 0. The van der Waals surface area contributed by atoms with Gasteiger partial charge in [-0.25, -0.2) is 0 Å². The molecule has 4 nitrogen and oxygen atoms in total. The zero-order valence-electron chi connectivity index (χ0n) is 15.3. The second-order valence-electron chi connectivity index (χ2n) is 7.58. The highest BCUT2D eigenvalue weighted by Crippen LogP contribution is 2.33. The number of carbonyl (C=O) groups is 2. The first-order valence-corrected chi connectivity index (χ1v) is 9.06. The van der Waals surface area contributed by atoms with E-state index in [9.17, 15) is 9.59 Å². The van der Waals surface area contributed by atoms with E-state index in [0.29, 0.717) is 11.8 Å². The third kappa shape index (κ3) is 4.83. The summed E-state index contributed by atoms with van der Waals surface area (Å²) in [6.45, 7) is 10.2. The van der Waals surface area contributed by atoms with Crippen LogP contribution in [0.2, 0.25) is 0 Å². The lowest BCUT2D eigenvalue weighted by atomic mass is 9.89. The van der Waals surface area contributed by atoms with Gasteiger partial charge < -0.3 is 10.2 Å². The highest BCUT2D eigenvalue weighted by atomic mass is 16.2. The highest BCUT2D eigenvalue weighted by Gasteiger charge is 2.33. The average molecular weight is 330 g/mol. The maximum atomic E-state index is 13.2. The molecule has 0 radical (unpaired) electrons. The lowest BCUT2D eigenvalue weighted by Crippen LogP contribution is -2.40. The van der Waals surface area contributed by atoms with Crippen molar-refractivity contribution >= 4 is 17.5 Å². The third-order valence-electron chi connectivity index (χ3n) is 4.56. The van der Waals surface area contributed by atoms with Crippen LogP contribution in [0.15, 0.2) is 24.3 Å². The summed E-state index contributed by atoms with van der Waals surface area (Å²) in [5.41, 5.74) is 1.72. The van der Waals surface area contributed by atoms with E-state index in [1.165, 1.54) is 0 Å². The zero-order chi connectivity index (χ0) is 17.7. The number of para-hydroxylation sites is 1. The normalized spacial score (nSPS) is 16.9. The summed E-state index contributed by atoms with van der Waals surface area (Å²) < 4.78 is 0. The first kappa shape index (κ1) is 18.5. The molecule has 1 aromatic carbocycles. The summed E-state index contributed by atoms with van der Waals surface area (Å²) in [7, 11) is 0. The molecular formula is C20H30N2O2. The molecule has 1 aliphatic rings. The van der Waals surface area contributed by atoms with Gasteiger partial charge in [-0.15, -0.1) is 0 Å². The minimum absolute atomic E-state index is 0.0697. The monoisotopic (exact) mass is 330 g/mol. The van der Waals surface area contributed by atoms with Gasteiger partial charge in [0.15, 0.2) is 0 Å². The first-order valence-electron chi connectivity index (χ1n) is 9.06.